The molecule has 0 unspecified atom stereocenters. The molecule has 1 aromatic rings. The van der Waals surface area contributed by atoms with E-state index in [1.807, 2.05) is 0 Å². The van der Waals surface area contributed by atoms with Gasteiger partial charge in [-0.2, -0.15) is 0 Å². The second kappa shape index (κ2) is 3.16. The van der Waals surface area contributed by atoms with Crippen molar-refractivity contribution < 1.29 is 20.1 Å². The van der Waals surface area contributed by atoms with Gasteiger partial charge in [0.1, 0.15) is 0 Å². The highest BCUT2D eigenvalue weighted by Gasteiger charge is 2.24. The smallest absolute Gasteiger partial charge is 0.336 e. The van der Waals surface area contributed by atoms with Crippen molar-refractivity contribution in [2.75, 3.05) is 0 Å². The van der Waals surface area contributed by atoms with E-state index in [-0.39, 0.29) is 11.1 Å². The van der Waals surface area contributed by atoms with Crippen molar-refractivity contribution in [2.45, 2.75) is 12.7 Å². The summed E-state index contributed by atoms with van der Waals surface area (Å²) in [5, 5.41) is 27.1. The fourth-order valence-electron chi connectivity index (χ4n) is 1.08. The van der Waals surface area contributed by atoms with Crippen molar-refractivity contribution in [1.29, 1.82) is 0 Å². The maximum absolute atomic E-state index is 10.6. The molecule has 0 heterocycles. The fraction of sp³-hybridized carbons (Fsp3) is 0.222. The van der Waals surface area contributed by atoms with Crippen LogP contribution in [0.2, 0.25) is 0 Å². The quantitative estimate of drug-likeness (QED) is 0.583. The van der Waals surface area contributed by atoms with Gasteiger partial charge in [0.2, 0.25) is 0 Å². The van der Waals surface area contributed by atoms with Crippen LogP contribution in [-0.4, -0.2) is 21.3 Å². The van der Waals surface area contributed by atoms with Crippen LogP contribution < -0.4 is 0 Å². The molecule has 0 saturated carbocycles. The first kappa shape index (κ1) is 9.70. The summed E-state index contributed by atoms with van der Waals surface area (Å²) in [6, 6.07) is 5.76. The molecule has 0 aliphatic heterocycles. The van der Waals surface area contributed by atoms with Gasteiger partial charge in [-0.05, 0) is 13.0 Å². The summed E-state index contributed by atoms with van der Waals surface area (Å²) in [5.41, 5.74) is -0.113. The van der Waals surface area contributed by atoms with E-state index in [1.54, 1.807) is 6.07 Å². The number of carboxylic acids is 1. The third-order valence-electron chi connectivity index (χ3n) is 1.67. The Bertz CT molecular complexity index is 325. The Balaban J connectivity index is 3.28. The first-order valence-electron chi connectivity index (χ1n) is 3.70. The molecule has 0 spiro atoms. The molecule has 4 heteroatoms. The Morgan fingerprint density at radius 2 is 1.85 bits per heavy atom. The molecule has 1 aromatic carbocycles. The van der Waals surface area contributed by atoms with Crippen LogP contribution in [0.5, 0.6) is 0 Å². The van der Waals surface area contributed by atoms with E-state index >= 15 is 0 Å². The number of benzene rings is 1. The zero-order valence-corrected chi connectivity index (χ0v) is 7.06. The van der Waals surface area contributed by atoms with E-state index in [2.05, 4.69) is 0 Å². The fourth-order valence-corrected chi connectivity index (χ4v) is 1.08. The molecule has 13 heavy (non-hydrogen) atoms. The molecule has 0 fully saturated rings. The van der Waals surface area contributed by atoms with Crippen LogP contribution in [0.1, 0.15) is 22.8 Å². The van der Waals surface area contributed by atoms with E-state index in [0.29, 0.717) is 0 Å². The van der Waals surface area contributed by atoms with Gasteiger partial charge in [0.25, 0.3) is 0 Å². The summed E-state index contributed by atoms with van der Waals surface area (Å²) in [6.07, 6.45) is 0. The van der Waals surface area contributed by atoms with Crippen LogP contribution in [0.4, 0.5) is 0 Å². The summed E-state index contributed by atoms with van der Waals surface area (Å²) in [6.45, 7) is 1.12. The van der Waals surface area contributed by atoms with Crippen LogP contribution >= 0.6 is 0 Å². The standard InChI is InChI=1S/C9H10O4/c1-9(12,13)7-5-3-2-4-6(7)8(10)11/h2-5,12-13H,1H3,(H,10,11). The Morgan fingerprint density at radius 1 is 1.31 bits per heavy atom. The van der Waals surface area contributed by atoms with Crippen molar-refractivity contribution in [1.82, 2.24) is 0 Å². The van der Waals surface area contributed by atoms with Gasteiger partial charge in [0.05, 0.1) is 5.56 Å². The molecule has 1 rings (SSSR count). The predicted octanol–water partition coefficient (Wildman–Crippen LogP) is 0.542. The molecule has 0 bridgehead atoms. The zero-order chi connectivity index (χ0) is 10.1. The van der Waals surface area contributed by atoms with Gasteiger partial charge in [-0.1, -0.05) is 18.2 Å². The van der Waals surface area contributed by atoms with Crippen LogP contribution in [0.15, 0.2) is 24.3 Å². The van der Waals surface area contributed by atoms with Crippen molar-refractivity contribution >= 4 is 5.97 Å². The summed E-state index contributed by atoms with van der Waals surface area (Å²) in [7, 11) is 0. The Labute approximate surface area is 75.1 Å². The topological polar surface area (TPSA) is 77.8 Å². The number of aliphatic hydroxyl groups is 2. The zero-order valence-electron chi connectivity index (χ0n) is 7.06. The van der Waals surface area contributed by atoms with Crippen molar-refractivity contribution in [3.8, 4) is 0 Å². The summed E-state index contributed by atoms with van der Waals surface area (Å²) < 4.78 is 0. The molecule has 3 N–H and O–H groups in total. The molecule has 0 aliphatic rings. The number of hydrogen-bond acceptors (Lipinski definition) is 3. The van der Waals surface area contributed by atoms with E-state index in [9.17, 15) is 15.0 Å². The highest BCUT2D eigenvalue weighted by molar-refractivity contribution is 5.89. The lowest BCUT2D eigenvalue weighted by molar-refractivity contribution is -0.153. The van der Waals surface area contributed by atoms with Gasteiger partial charge < -0.3 is 15.3 Å². The van der Waals surface area contributed by atoms with E-state index in [4.69, 9.17) is 5.11 Å². The molecular formula is C9H10O4. The van der Waals surface area contributed by atoms with Crippen molar-refractivity contribution in [3.05, 3.63) is 35.4 Å². The van der Waals surface area contributed by atoms with Gasteiger partial charge in [0.15, 0.2) is 5.79 Å². The first-order chi connectivity index (χ1) is 5.93. The Kier molecular flexibility index (Phi) is 2.36. The summed E-state index contributed by atoms with van der Waals surface area (Å²) in [4.78, 5) is 10.6. The molecule has 70 valence electrons. The monoisotopic (exact) mass is 182 g/mol. The predicted molar refractivity (Wildman–Crippen MR) is 45.2 cm³/mol. The minimum absolute atomic E-state index is 0.0116. The van der Waals surface area contributed by atoms with Gasteiger partial charge in [-0.15, -0.1) is 0 Å². The maximum Gasteiger partial charge on any atom is 0.336 e. The normalized spacial score (nSPS) is 11.3. The lowest BCUT2D eigenvalue weighted by Gasteiger charge is -2.17. The summed E-state index contributed by atoms with van der Waals surface area (Å²) >= 11 is 0. The second-order valence-electron chi connectivity index (χ2n) is 2.87. The SMILES string of the molecule is CC(O)(O)c1ccccc1C(=O)O. The average Bonchev–Trinajstić information content (AvgIpc) is 2.03. The van der Waals surface area contributed by atoms with Crippen LogP contribution in [0.25, 0.3) is 0 Å². The van der Waals surface area contributed by atoms with Gasteiger partial charge in [-0.3, -0.25) is 0 Å². The molecular weight excluding hydrogens is 172 g/mol. The molecule has 0 saturated heterocycles. The van der Waals surface area contributed by atoms with Crippen LogP contribution in [-0.2, 0) is 5.79 Å². The van der Waals surface area contributed by atoms with Crippen LogP contribution in [0.3, 0.4) is 0 Å². The third-order valence-corrected chi connectivity index (χ3v) is 1.67. The largest absolute Gasteiger partial charge is 0.478 e. The molecule has 4 nitrogen and oxygen atoms in total. The van der Waals surface area contributed by atoms with E-state index < -0.39 is 11.8 Å². The van der Waals surface area contributed by atoms with Gasteiger partial charge >= 0.3 is 5.97 Å². The summed E-state index contributed by atoms with van der Waals surface area (Å²) in [5.74, 6) is -3.29. The molecule has 0 radical (unpaired) electrons. The maximum atomic E-state index is 10.6. The average molecular weight is 182 g/mol. The second-order valence-corrected chi connectivity index (χ2v) is 2.87. The van der Waals surface area contributed by atoms with Crippen molar-refractivity contribution in [3.63, 3.8) is 0 Å². The highest BCUT2D eigenvalue weighted by atomic mass is 16.5. The van der Waals surface area contributed by atoms with Gasteiger partial charge in [-0.25, -0.2) is 4.79 Å². The molecule has 0 amide bonds. The molecule has 0 aliphatic carbocycles. The van der Waals surface area contributed by atoms with E-state index in [1.165, 1.54) is 18.2 Å². The lowest BCUT2D eigenvalue weighted by Crippen LogP contribution is -2.23. The number of rotatable bonds is 2. The lowest BCUT2D eigenvalue weighted by atomic mass is 10.0. The number of hydrogen-bond donors (Lipinski definition) is 3. The third kappa shape index (κ3) is 2.05. The number of carboxylic acid groups (broad SMARTS) is 1. The Morgan fingerprint density at radius 3 is 2.23 bits per heavy atom. The Hall–Kier alpha value is -1.39. The molecule has 0 aromatic heterocycles. The molecule has 0 atom stereocenters. The highest BCUT2D eigenvalue weighted by Crippen LogP contribution is 2.20. The van der Waals surface area contributed by atoms with Gasteiger partial charge in [0, 0.05) is 5.56 Å². The number of carbonyl (C=O) groups is 1. The van der Waals surface area contributed by atoms with E-state index in [0.717, 1.165) is 6.92 Å². The number of aromatic carboxylic acids is 1. The van der Waals surface area contributed by atoms with Crippen molar-refractivity contribution in [2.24, 2.45) is 0 Å². The minimum Gasteiger partial charge on any atom is -0.478 e. The van der Waals surface area contributed by atoms with Crippen LogP contribution in [0, 0.1) is 0 Å². The minimum atomic E-state index is -2.12. The first-order valence-corrected chi connectivity index (χ1v) is 3.70.